The van der Waals surface area contributed by atoms with Crippen LogP contribution in [0.25, 0.3) is 0 Å². The Hall–Kier alpha value is -2.83. The van der Waals surface area contributed by atoms with Gasteiger partial charge in [0.15, 0.2) is 11.5 Å². The van der Waals surface area contributed by atoms with E-state index in [9.17, 15) is 9.59 Å². The van der Waals surface area contributed by atoms with Crippen molar-refractivity contribution in [2.75, 3.05) is 25.2 Å². The first-order valence-corrected chi connectivity index (χ1v) is 6.38. The lowest BCUT2D eigenvalue weighted by Gasteiger charge is -2.22. The number of amides is 1. The number of hydrogen-bond acceptors (Lipinski definition) is 5. The fourth-order valence-corrected chi connectivity index (χ4v) is 1.99. The first-order chi connectivity index (χ1) is 10.1. The molecule has 1 aliphatic rings. The molecule has 7 nitrogen and oxygen atoms in total. The standard InChI is InChI=1S/C14H13N3O4/c1-17(14(19)10-3-5-13(18)16-15-10)9-2-4-11-12(8-9)21-7-6-20-11/h2-5,8H,6-7H2,1H3,(H,16,18). The lowest BCUT2D eigenvalue weighted by Crippen LogP contribution is -2.28. The number of rotatable bonds is 2. The molecule has 7 heteroatoms. The molecule has 0 saturated carbocycles. The van der Waals surface area contributed by atoms with E-state index in [1.54, 1.807) is 25.2 Å². The number of nitrogens with zero attached hydrogens (tertiary/aromatic N) is 2. The Balaban J connectivity index is 1.87. The Morgan fingerprint density at radius 2 is 1.95 bits per heavy atom. The number of fused-ring (bicyclic) bond motifs is 1. The van der Waals surface area contributed by atoms with Crippen LogP contribution in [0.5, 0.6) is 11.5 Å². The Labute approximate surface area is 120 Å². The zero-order chi connectivity index (χ0) is 14.8. The molecule has 3 rings (SSSR count). The van der Waals surface area contributed by atoms with E-state index < -0.39 is 0 Å². The number of nitrogens with one attached hydrogen (secondary N) is 1. The molecule has 2 aromatic rings. The van der Waals surface area contributed by atoms with Crippen molar-refractivity contribution >= 4 is 11.6 Å². The lowest BCUT2D eigenvalue weighted by molar-refractivity contribution is 0.0987. The highest BCUT2D eigenvalue weighted by Crippen LogP contribution is 2.33. The van der Waals surface area contributed by atoms with Crippen LogP contribution < -0.4 is 19.9 Å². The summed E-state index contributed by atoms with van der Waals surface area (Å²) in [5.41, 5.74) is 0.456. The van der Waals surface area contributed by atoms with Crippen molar-refractivity contribution in [3.05, 3.63) is 46.4 Å². The van der Waals surface area contributed by atoms with Gasteiger partial charge in [-0.1, -0.05) is 0 Å². The Kier molecular flexibility index (Phi) is 3.31. The summed E-state index contributed by atoms with van der Waals surface area (Å²) in [6, 6.07) is 7.90. The highest BCUT2D eigenvalue weighted by Gasteiger charge is 2.18. The van der Waals surface area contributed by atoms with Gasteiger partial charge in [0.05, 0.1) is 0 Å². The first kappa shape index (κ1) is 13.2. The summed E-state index contributed by atoms with van der Waals surface area (Å²) < 4.78 is 10.9. The molecule has 1 aromatic heterocycles. The van der Waals surface area contributed by atoms with Gasteiger partial charge in [0.25, 0.3) is 11.5 Å². The minimum Gasteiger partial charge on any atom is -0.486 e. The number of H-pyrrole nitrogens is 1. The van der Waals surface area contributed by atoms with Crippen LogP contribution >= 0.6 is 0 Å². The van der Waals surface area contributed by atoms with E-state index in [4.69, 9.17) is 9.47 Å². The van der Waals surface area contributed by atoms with Crippen molar-refractivity contribution in [2.24, 2.45) is 0 Å². The van der Waals surface area contributed by atoms with Crippen LogP contribution in [0.3, 0.4) is 0 Å². The number of ether oxygens (including phenoxy) is 2. The van der Waals surface area contributed by atoms with Gasteiger partial charge in [0.1, 0.15) is 18.9 Å². The van der Waals surface area contributed by atoms with Crippen molar-refractivity contribution in [3.8, 4) is 11.5 Å². The molecule has 1 N–H and O–H groups in total. The van der Waals surface area contributed by atoms with E-state index in [2.05, 4.69) is 10.2 Å². The predicted octanol–water partition coefficient (Wildman–Crippen LogP) is 0.818. The molecule has 108 valence electrons. The zero-order valence-electron chi connectivity index (χ0n) is 11.3. The van der Waals surface area contributed by atoms with Gasteiger partial charge in [-0.25, -0.2) is 5.10 Å². The number of aromatic amines is 1. The third-order valence-electron chi connectivity index (χ3n) is 3.12. The molecule has 0 radical (unpaired) electrons. The minimum absolute atomic E-state index is 0.159. The molecule has 0 atom stereocenters. The summed E-state index contributed by atoms with van der Waals surface area (Å²) >= 11 is 0. The van der Waals surface area contributed by atoms with Crippen LogP contribution in [0.1, 0.15) is 10.5 Å². The van der Waals surface area contributed by atoms with Gasteiger partial charge in [-0.15, -0.1) is 0 Å². The summed E-state index contributed by atoms with van der Waals surface area (Å²) in [5.74, 6) is 0.934. The molecule has 0 unspecified atom stereocenters. The number of aromatic nitrogens is 2. The summed E-state index contributed by atoms with van der Waals surface area (Å²) in [5, 5.41) is 5.97. The van der Waals surface area contributed by atoms with Crippen molar-refractivity contribution in [2.45, 2.75) is 0 Å². The normalized spacial score (nSPS) is 12.8. The summed E-state index contributed by atoms with van der Waals surface area (Å²) in [6.07, 6.45) is 0. The van der Waals surface area contributed by atoms with Gasteiger partial charge in [-0.3, -0.25) is 9.59 Å². The van der Waals surface area contributed by atoms with E-state index >= 15 is 0 Å². The second kappa shape index (κ2) is 5.28. The number of hydrogen-bond donors (Lipinski definition) is 1. The maximum Gasteiger partial charge on any atom is 0.278 e. The number of benzene rings is 1. The van der Waals surface area contributed by atoms with Gasteiger partial charge in [-0.05, 0) is 18.2 Å². The van der Waals surface area contributed by atoms with Crippen LogP contribution in [0.15, 0.2) is 35.1 Å². The van der Waals surface area contributed by atoms with Crippen LogP contribution in [-0.4, -0.2) is 36.4 Å². The summed E-state index contributed by atoms with van der Waals surface area (Å²) in [7, 11) is 1.63. The van der Waals surface area contributed by atoms with E-state index in [0.717, 1.165) is 0 Å². The van der Waals surface area contributed by atoms with Crippen molar-refractivity contribution in [1.82, 2.24) is 10.2 Å². The van der Waals surface area contributed by atoms with Gasteiger partial charge >= 0.3 is 0 Å². The van der Waals surface area contributed by atoms with Crippen LogP contribution in [-0.2, 0) is 0 Å². The van der Waals surface area contributed by atoms with Crippen LogP contribution in [0.4, 0.5) is 5.69 Å². The molecule has 0 saturated heterocycles. The maximum atomic E-state index is 12.3. The highest BCUT2D eigenvalue weighted by molar-refractivity contribution is 6.04. The van der Waals surface area contributed by atoms with Gasteiger partial charge < -0.3 is 14.4 Å². The van der Waals surface area contributed by atoms with Gasteiger partial charge in [0.2, 0.25) is 0 Å². The SMILES string of the molecule is CN(C(=O)c1ccc(=O)[nH]n1)c1ccc2c(c1)OCCO2. The molecule has 2 heterocycles. The lowest BCUT2D eigenvalue weighted by atomic mass is 10.2. The molecule has 1 aromatic carbocycles. The second-order valence-electron chi connectivity index (χ2n) is 4.50. The topological polar surface area (TPSA) is 84.5 Å². The highest BCUT2D eigenvalue weighted by atomic mass is 16.6. The third-order valence-corrected chi connectivity index (χ3v) is 3.12. The summed E-state index contributed by atoms with van der Waals surface area (Å²) in [6.45, 7) is 0.998. The van der Waals surface area contributed by atoms with Crippen molar-refractivity contribution in [3.63, 3.8) is 0 Å². The fraction of sp³-hybridized carbons (Fsp3) is 0.214. The molecular formula is C14H13N3O4. The average Bonchev–Trinajstić information content (AvgIpc) is 2.54. The average molecular weight is 287 g/mol. The molecule has 1 amide bonds. The van der Waals surface area contributed by atoms with E-state index in [1.165, 1.54) is 17.0 Å². The number of anilines is 1. The predicted molar refractivity (Wildman–Crippen MR) is 75.0 cm³/mol. The Morgan fingerprint density at radius 1 is 1.19 bits per heavy atom. The zero-order valence-corrected chi connectivity index (χ0v) is 11.3. The molecule has 0 bridgehead atoms. The summed E-state index contributed by atoms with van der Waals surface area (Å²) in [4.78, 5) is 24.7. The molecule has 0 aliphatic carbocycles. The third kappa shape index (κ3) is 2.58. The van der Waals surface area contributed by atoms with Gasteiger partial charge in [-0.2, -0.15) is 5.10 Å². The maximum absolute atomic E-state index is 12.3. The van der Waals surface area contributed by atoms with E-state index in [0.29, 0.717) is 30.4 Å². The van der Waals surface area contributed by atoms with E-state index in [-0.39, 0.29) is 17.2 Å². The van der Waals surface area contributed by atoms with Crippen molar-refractivity contribution < 1.29 is 14.3 Å². The monoisotopic (exact) mass is 287 g/mol. The fourth-order valence-electron chi connectivity index (χ4n) is 1.99. The second-order valence-corrected chi connectivity index (χ2v) is 4.50. The van der Waals surface area contributed by atoms with Crippen LogP contribution in [0, 0.1) is 0 Å². The molecule has 0 fully saturated rings. The van der Waals surface area contributed by atoms with Crippen LogP contribution in [0.2, 0.25) is 0 Å². The molecule has 1 aliphatic heterocycles. The number of carbonyl (C=O) groups excluding carboxylic acids is 1. The van der Waals surface area contributed by atoms with Gasteiger partial charge in [0, 0.05) is 24.9 Å². The smallest absolute Gasteiger partial charge is 0.278 e. The minimum atomic E-state index is -0.353. The Morgan fingerprint density at radius 3 is 2.67 bits per heavy atom. The molecule has 0 spiro atoms. The largest absolute Gasteiger partial charge is 0.486 e. The Bertz CT molecular complexity index is 721. The quantitative estimate of drug-likeness (QED) is 0.884. The van der Waals surface area contributed by atoms with E-state index in [1.807, 2.05) is 0 Å². The molecular weight excluding hydrogens is 274 g/mol. The first-order valence-electron chi connectivity index (χ1n) is 6.38. The molecule has 21 heavy (non-hydrogen) atoms. The number of carbonyl (C=O) groups is 1. The van der Waals surface area contributed by atoms with Crippen molar-refractivity contribution in [1.29, 1.82) is 0 Å².